The average Bonchev–Trinajstić information content (AvgIpc) is 3.13. The first-order valence-corrected chi connectivity index (χ1v) is 12.3. The van der Waals surface area contributed by atoms with Crippen LogP contribution >= 0.6 is 0 Å². The van der Waals surface area contributed by atoms with E-state index in [1.165, 1.54) is 12.1 Å². The zero-order chi connectivity index (χ0) is 24.3. The van der Waals surface area contributed by atoms with Gasteiger partial charge in [0.05, 0.1) is 4.92 Å². The molecule has 7 atom stereocenters. The van der Waals surface area contributed by atoms with Crippen molar-refractivity contribution in [3.63, 3.8) is 0 Å². The maximum atomic E-state index is 12.7. The molecule has 0 spiro atoms. The van der Waals surface area contributed by atoms with Crippen LogP contribution in [0.1, 0.15) is 52.4 Å². The molecule has 0 unspecified atom stereocenters. The third-order valence-electron chi connectivity index (χ3n) is 9.68. The summed E-state index contributed by atoms with van der Waals surface area (Å²) in [5, 5.41) is 14.3. The maximum Gasteiger partial charge on any atom is 0.413 e. The summed E-state index contributed by atoms with van der Waals surface area (Å²) in [6.07, 6.45) is 9.40. The van der Waals surface area contributed by atoms with E-state index >= 15 is 0 Å². The summed E-state index contributed by atoms with van der Waals surface area (Å²) in [6, 6.07) is 6.17. The molecule has 3 aliphatic carbocycles. The first kappa shape index (κ1) is 22.9. The highest BCUT2D eigenvalue weighted by atomic mass is 16.6. The molecule has 2 amide bonds. The predicted octanol–water partition coefficient (Wildman–Crippen LogP) is 4.69. The highest BCUT2D eigenvalue weighted by Gasteiger charge is 2.60. The number of hydrogen-bond donors (Lipinski definition) is 1. The van der Waals surface area contributed by atoms with E-state index in [0.29, 0.717) is 17.8 Å². The molecule has 8 heteroatoms. The first-order chi connectivity index (χ1) is 16.1. The Morgan fingerprint density at radius 1 is 1.15 bits per heavy atom. The van der Waals surface area contributed by atoms with Crippen molar-refractivity contribution in [2.75, 3.05) is 7.05 Å². The summed E-state index contributed by atoms with van der Waals surface area (Å²) < 4.78 is 5.37. The fraction of sp³-hybridized carbons (Fsp3) is 0.615. The molecule has 0 aromatic heterocycles. The van der Waals surface area contributed by atoms with Crippen molar-refractivity contribution in [1.29, 1.82) is 0 Å². The minimum atomic E-state index is -0.630. The minimum absolute atomic E-state index is 0.0103. The van der Waals surface area contributed by atoms with Gasteiger partial charge >= 0.3 is 11.8 Å². The number of nitrogens with one attached hydrogen (secondary N) is 1. The SMILES string of the molecule is CN1C(=O)C=C[C@]2(C)[C@H]3CC[C@]4(C)[C@@H](NC(=O)Oc5ccccc5[N+](=O)[O-])CC[C@H]4[C@@H]3CC[C@@H]12. The molecule has 1 aromatic rings. The number of para-hydroxylation sites is 2. The number of amides is 2. The van der Waals surface area contributed by atoms with E-state index < -0.39 is 11.0 Å². The third-order valence-corrected chi connectivity index (χ3v) is 9.68. The van der Waals surface area contributed by atoms with Gasteiger partial charge in [-0.05, 0) is 73.8 Å². The van der Waals surface area contributed by atoms with Gasteiger partial charge in [0.1, 0.15) is 0 Å². The summed E-state index contributed by atoms with van der Waals surface area (Å²) >= 11 is 0. The average molecular weight is 468 g/mol. The van der Waals surface area contributed by atoms with Crippen molar-refractivity contribution in [3.05, 3.63) is 46.5 Å². The van der Waals surface area contributed by atoms with E-state index in [2.05, 4.69) is 25.2 Å². The van der Waals surface area contributed by atoms with Crippen molar-refractivity contribution in [2.45, 2.75) is 64.5 Å². The number of rotatable bonds is 3. The van der Waals surface area contributed by atoms with Crippen molar-refractivity contribution in [2.24, 2.45) is 28.6 Å². The highest BCUT2D eigenvalue weighted by molar-refractivity contribution is 5.89. The summed E-state index contributed by atoms with van der Waals surface area (Å²) in [5.74, 6) is 1.64. The zero-order valence-electron chi connectivity index (χ0n) is 20.0. The second-order valence-corrected chi connectivity index (χ2v) is 11.1. The van der Waals surface area contributed by atoms with Crippen molar-refractivity contribution < 1.29 is 19.2 Å². The Kier molecular flexibility index (Phi) is 5.45. The van der Waals surface area contributed by atoms with Crippen LogP contribution in [-0.4, -0.2) is 41.0 Å². The molecule has 1 heterocycles. The van der Waals surface area contributed by atoms with Gasteiger partial charge in [-0.1, -0.05) is 32.1 Å². The summed E-state index contributed by atoms with van der Waals surface area (Å²) in [7, 11) is 1.93. The molecular weight excluding hydrogens is 434 g/mol. The normalized spacial score (nSPS) is 38.5. The molecule has 8 nitrogen and oxygen atoms in total. The van der Waals surface area contributed by atoms with Crippen LogP contribution in [0.25, 0.3) is 0 Å². The van der Waals surface area contributed by atoms with Gasteiger partial charge in [-0.25, -0.2) is 4.79 Å². The summed E-state index contributed by atoms with van der Waals surface area (Å²) in [4.78, 5) is 37.7. The number of carbonyl (C=O) groups is 2. The number of benzene rings is 1. The Bertz CT molecular complexity index is 1060. The third kappa shape index (κ3) is 3.41. The number of fused-ring (bicyclic) bond motifs is 5. The molecule has 5 rings (SSSR count). The van der Waals surface area contributed by atoms with E-state index in [4.69, 9.17) is 4.74 Å². The van der Waals surface area contributed by atoms with E-state index in [1.807, 2.05) is 11.9 Å². The van der Waals surface area contributed by atoms with Crippen LogP contribution in [0, 0.1) is 38.7 Å². The van der Waals surface area contributed by atoms with Crippen LogP contribution in [0.4, 0.5) is 10.5 Å². The van der Waals surface area contributed by atoms with Gasteiger partial charge in [-0.2, -0.15) is 0 Å². The first-order valence-electron chi connectivity index (χ1n) is 12.3. The topological polar surface area (TPSA) is 102 Å². The molecule has 0 saturated heterocycles. The zero-order valence-corrected chi connectivity index (χ0v) is 20.0. The molecule has 1 aliphatic heterocycles. The Morgan fingerprint density at radius 3 is 2.68 bits per heavy atom. The van der Waals surface area contributed by atoms with Crippen LogP contribution < -0.4 is 10.1 Å². The molecule has 3 saturated carbocycles. The number of ether oxygens (including phenoxy) is 1. The molecule has 34 heavy (non-hydrogen) atoms. The largest absolute Gasteiger partial charge is 0.413 e. The lowest BCUT2D eigenvalue weighted by atomic mass is 9.48. The van der Waals surface area contributed by atoms with Gasteiger partial charge in [0.15, 0.2) is 0 Å². The number of hydrogen-bond acceptors (Lipinski definition) is 5. The van der Waals surface area contributed by atoms with Gasteiger partial charge in [0, 0.05) is 30.6 Å². The highest BCUT2D eigenvalue weighted by Crippen LogP contribution is 2.63. The molecule has 182 valence electrons. The van der Waals surface area contributed by atoms with Crippen LogP contribution in [0.5, 0.6) is 5.75 Å². The Morgan fingerprint density at radius 2 is 1.91 bits per heavy atom. The molecule has 4 aliphatic rings. The Hall–Kier alpha value is -2.90. The van der Waals surface area contributed by atoms with Crippen LogP contribution in [-0.2, 0) is 4.79 Å². The predicted molar refractivity (Wildman–Crippen MR) is 126 cm³/mol. The van der Waals surface area contributed by atoms with Gasteiger partial charge in [0.25, 0.3) is 0 Å². The van der Waals surface area contributed by atoms with E-state index in [-0.39, 0.29) is 40.3 Å². The van der Waals surface area contributed by atoms with Crippen LogP contribution in [0.2, 0.25) is 0 Å². The van der Waals surface area contributed by atoms with Gasteiger partial charge in [-0.3, -0.25) is 14.9 Å². The number of nitro benzene ring substituents is 1. The van der Waals surface area contributed by atoms with Gasteiger partial charge < -0.3 is 15.0 Å². The molecule has 1 aromatic carbocycles. The van der Waals surface area contributed by atoms with Crippen LogP contribution in [0.3, 0.4) is 0 Å². The van der Waals surface area contributed by atoms with Crippen LogP contribution in [0.15, 0.2) is 36.4 Å². The molecule has 0 bridgehead atoms. The van der Waals surface area contributed by atoms with Gasteiger partial charge in [-0.15, -0.1) is 0 Å². The fourth-order valence-corrected chi connectivity index (χ4v) is 7.94. The number of nitro groups is 1. The van der Waals surface area contributed by atoms with E-state index in [1.54, 1.807) is 18.2 Å². The van der Waals surface area contributed by atoms with Crippen molar-refractivity contribution >= 4 is 17.7 Å². The lowest BCUT2D eigenvalue weighted by molar-refractivity contribution is -0.385. The molecule has 3 fully saturated rings. The number of carbonyl (C=O) groups excluding carboxylic acids is 2. The monoisotopic (exact) mass is 467 g/mol. The molecule has 0 radical (unpaired) electrons. The fourth-order valence-electron chi connectivity index (χ4n) is 7.94. The lowest BCUT2D eigenvalue weighted by Crippen LogP contribution is -2.60. The minimum Gasteiger partial charge on any atom is -0.403 e. The quantitative estimate of drug-likeness (QED) is 0.513. The standard InChI is InChI=1S/C26H33N3O5/c1-25-14-12-18-16(8-11-22-26(18,2)15-13-23(30)28(22)3)17(25)9-10-21(25)27-24(31)34-20-7-5-4-6-19(20)29(32)33/h4-7,13,15-18,21-22H,8-12,14H2,1-3H3,(H,27,31)/t16-,17-,18-,21-,22+,25-,26+/m0/s1. The van der Waals surface area contributed by atoms with Crippen molar-refractivity contribution in [1.82, 2.24) is 10.2 Å². The lowest BCUT2D eigenvalue weighted by Gasteiger charge is -2.60. The van der Waals surface area contributed by atoms with E-state index in [9.17, 15) is 19.7 Å². The Balaban J connectivity index is 1.31. The number of likely N-dealkylation sites (N-methyl/N-ethyl adjacent to an activating group) is 1. The van der Waals surface area contributed by atoms with Crippen molar-refractivity contribution in [3.8, 4) is 5.75 Å². The smallest absolute Gasteiger partial charge is 0.403 e. The van der Waals surface area contributed by atoms with E-state index in [0.717, 1.165) is 38.5 Å². The number of nitrogens with zero attached hydrogens (tertiary/aromatic N) is 2. The second kappa shape index (κ2) is 8.10. The molecular formula is C26H33N3O5. The molecule has 1 N–H and O–H groups in total. The second-order valence-electron chi connectivity index (χ2n) is 11.1. The Labute approximate surface area is 199 Å². The summed E-state index contributed by atoms with van der Waals surface area (Å²) in [6.45, 7) is 4.61. The maximum absolute atomic E-state index is 12.7. The van der Waals surface area contributed by atoms with Gasteiger partial charge in [0.2, 0.25) is 11.7 Å². The summed E-state index contributed by atoms with van der Waals surface area (Å²) in [5.41, 5.74) is -0.266.